The monoisotopic (exact) mass is 384 g/mol. The maximum absolute atomic E-state index is 13.0. The molecule has 1 unspecified atom stereocenters. The lowest BCUT2D eigenvalue weighted by Crippen LogP contribution is -2.45. The molecule has 0 spiro atoms. The van der Waals surface area contributed by atoms with Gasteiger partial charge in [0.1, 0.15) is 17.3 Å². The normalized spacial score (nSPS) is 16.3. The number of rotatable bonds is 5. The predicted molar refractivity (Wildman–Crippen MR) is 107 cm³/mol. The van der Waals surface area contributed by atoms with E-state index in [2.05, 4.69) is 20.9 Å². The number of benzene rings is 1. The molecule has 1 aliphatic heterocycles. The number of carbonyl (C=O) groups is 1. The molecular formula is C19H20N4O3S. The Morgan fingerprint density at radius 3 is 2.70 bits per heavy atom. The molecule has 3 rings (SSSR count). The first kappa shape index (κ1) is 18.7. The fourth-order valence-electron chi connectivity index (χ4n) is 2.91. The van der Waals surface area contributed by atoms with Crippen molar-refractivity contribution in [2.24, 2.45) is 0 Å². The summed E-state index contributed by atoms with van der Waals surface area (Å²) in [5, 5.41) is 9.42. The van der Waals surface area contributed by atoms with Crippen molar-refractivity contribution in [2.75, 3.05) is 19.5 Å². The van der Waals surface area contributed by atoms with Gasteiger partial charge >= 0.3 is 0 Å². The van der Waals surface area contributed by atoms with Crippen molar-refractivity contribution in [2.45, 2.75) is 13.0 Å². The quantitative estimate of drug-likeness (QED) is 0.683. The van der Waals surface area contributed by atoms with Gasteiger partial charge in [-0.2, -0.15) is 0 Å². The van der Waals surface area contributed by atoms with E-state index in [-0.39, 0.29) is 5.91 Å². The molecule has 0 saturated heterocycles. The zero-order chi connectivity index (χ0) is 19.4. The van der Waals surface area contributed by atoms with Crippen LogP contribution in [0.2, 0.25) is 0 Å². The van der Waals surface area contributed by atoms with Crippen LogP contribution in [0.4, 0.5) is 5.82 Å². The predicted octanol–water partition coefficient (Wildman–Crippen LogP) is 2.53. The number of hydrogen-bond donors (Lipinski definition) is 3. The van der Waals surface area contributed by atoms with Gasteiger partial charge in [-0.05, 0) is 43.4 Å². The van der Waals surface area contributed by atoms with Gasteiger partial charge in [0.25, 0.3) is 5.91 Å². The van der Waals surface area contributed by atoms with Crippen LogP contribution in [0.5, 0.6) is 11.5 Å². The summed E-state index contributed by atoms with van der Waals surface area (Å²) < 4.78 is 10.8. The van der Waals surface area contributed by atoms with E-state index in [9.17, 15) is 4.79 Å². The number of carbonyl (C=O) groups excluding carboxylic acids is 1. The summed E-state index contributed by atoms with van der Waals surface area (Å²) in [6.45, 7) is 1.81. The van der Waals surface area contributed by atoms with Crippen LogP contribution < -0.4 is 25.4 Å². The number of anilines is 1. The standard InChI is InChI=1S/C19H20N4O3S/c1-11-16(18(24)22-15-6-4-5-9-20-15)17(23-19(27)21-11)13-8-7-12(25-2)10-14(13)26-3/h4-10,17H,1-3H3,(H,20,22,24)(H2,21,23,27). The third-order valence-corrected chi connectivity index (χ3v) is 4.39. The second kappa shape index (κ2) is 8.05. The number of allylic oxidation sites excluding steroid dienone is 1. The van der Waals surface area contributed by atoms with Gasteiger partial charge in [0, 0.05) is 23.5 Å². The molecule has 0 fully saturated rings. The fourth-order valence-corrected chi connectivity index (χ4v) is 3.18. The van der Waals surface area contributed by atoms with Crippen LogP contribution in [-0.2, 0) is 4.79 Å². The number of ether oxygens (including phenoxy) is 2. The minimum absolute atomic E-state index is 0.281. The number of nitrogens with zero attached hydrogens (tertiary/aromatic N) is 1. The number of amides is 1. The first-order valence-electron chi connectivity index (χ1n) is 8.26. The average molecular weight is 384 g/mol. The summed E-state index contributed by atoms with van der Waals surface area (Å²) in [7, 11) is 3.16. The molecule has 2 heterocycles. The Labute approximate surface area is 162 Å². The molecule has 1 aromatic carbocycles. The van der Waals surface area contributed by atoms with Crippen LogP contribution in [0.25, 0.3) is 0 Å². The number of pyridine rings is 1. The highest BCUT2D eigenvalue weighted by atomic mass is 32.1. The maximum Gasteiger partial charge on any atom is 0.256 e. The SMILES string of the molecule is COc1ccc(C2NC(=S)NC(C)=C2C(=O)Nc2ccccn2)c(OC)c1. The van der Waals surface area contributed by atoms with Crippen LogP contribution in [0.3, 0.4) is 0 Å². The minimum atomic E-state index is -0.483. The van der Waals surface area contributed by atoms with Crippen LogP contribution in [0.1, 0.15) is 18.5 Å². The molecule has 1 aliphatic rings. The molecule has 7 nitrogen and oxygen atoms in total. The lowest BCUT2D eigenvalue weighted by molar-refractivity contribution is -0.113. The number of aromatic nitrogens is 1. The van der Waals surface area contributed by atoms with Crippen LogP contribution in [0, 0.1) is 0 Å². The number of methoxy groups -OCH3 is 2. The molecule has 0 radical (unpaired) electrons. The lowest BCUT2D eigenvalue weighted by atomic mass is 9.94. The van der Waals surface area contributed by atoms with Crippen molar-refractivity contribution in [3.8, 4) is 11.5 Å². The molecule has 27 heavy (non-hydrogen) atoms. The van der Waals surface area contributed by atoms with Gasteiger partial charge in [-0.3, -0.25) is 4.79 Å². The molecule has 1 atom stereocenters. The number of nitrogens with one attached hydrogen (secondary N) is 3. The van der Waals surface area contributed by atoms with E-state index in [0.29, 0.717) is 33.7 Å². The van der Waals surface area contributed by atoms with E-state index in [0.717, 1.165) is 5.56 Å². The largest absolute Gasteiger partial charge is 0.497 e. The van der Waals surface area contributed by atoms with Crippen molar-refractivity contribution in [3.05, 3.63) is 59.4 Å². The zero-order valence-corrected chi connectivity index (χ0v) is 16.0. The van der Waals surface area contributed by atoms with E-state index in [1.54, 1.807) is 44.7 Å². The Hall–Kier alpha value is -3.13. The van der Waals surface area contributed by atoms with Gasteiger partial charge in [0.15, 0.2) is 5.11 Å². The Bertz CT molecular complexity index is 899. The van der Waals surface area contributed by atoms with E-state index >= 15 is 0 Å². The van der Waals surface area contributed by atoms with Crippen molar-refractivity contribution in [1.29, 1.82) is 0 Å². The average Bonchev–Trinajstić information content (AvgIpc) is 2.67. The maximum atomic E-state index is 13.0. The van der Waals surface area contributed by atoms with Crippen molar-refractivity contribution in [3.63, 3.8) is 0 Å². The number of hydrogen-bond acceptors (Lipinski definition) is 5. The minimum Gasteiger partial charge on any atom is -0.497 e. The summed E-state index contributed by atoms with van der Waals surface area (Å²) in [5.41, 5.74) is 1.93. The highest BCUT2D eigenvalue weighted by Crippen LogP contribution is 2.35. The smallest absolute Gasteiger partial charge is 0.256 e. The van der Waals surface area contributed by atoms with Gasteiger partial charge in [-0.25, -0.2) is 4.98 Å². The topological polar surface area (TPSA) is 84.5 Å². The molecule has 1 amide bonds. The summed E-state index contributed by atoms with van der Waals surface area (Å²) >= 11 is 5.29. The molecule has 140 valence electrons. The molecular weight excluding hydrogens is 364 g/mol. The molecule has 3 N–H and O–H groups in total. The third-order valence-electron chi connectivity index (χ3n) is 4.17. The number of thiocarbonyl (C=S) groups is 1. The van der Waals surface area contributed by atoms with E-state index in [1.165, 1.54) is 0 Å². The van der Waals surface area contributed by atoms with Gasteiger partial charge in [-0.15, -0.1) is 0 Å². The first-order chi connectivity index (χ1) is 13.0. The Morgan fingerprint density at radius 2 is 2.04 bits per heavy atom. The summed E-state index contributed by atoms with van der Waals surface area (Å²) in [6.07, 6.45) is 1.62. The second-order valence-electron chi connectivity index (χ2n) is 5.85. The van der Waals surface area contributed by atoms with Gasteiger partial charge < -0.3 is 25.4 Å². The van der Waals surface area contributed by atoms with Gasteiger partial charge in [-0.1, -0.05) is 6.07 Å². The van der Waals surface area contributed by atoms with Crippen molar-refractivity contribution < 1.29 is 14.3 Å². The highest BCUT2D eigenvalue weighted by Gasteiger charge is 2.32. The Kier molecular flexibility index (Phi) is 5.56. The molecule has 0 aliphatic carbocycles. The molecule has 1 aromatic heterocycles. The fraction of sp³-hybridized carbons (Fsp3) is 0.211. The van der Waals surface area contributed by atoms with Crippen molar-refractivity contribution >= 4 is 29.1 Å². The third kappa shape index (κ3) is 4.01. The first-order valence-corrected chi connectivity index (χ1v) is 8.67. The molecule has 2 aromatic rings. The summed E-state index contributed by atoms with van der Waals surface area (Å²) in [6, 6.07) is 10.3. The highest BCUT2D eigenvalue weighted by molar-refractivity contribution is 7.80. The van der Waals surface area contributed by atoms with E-state index in [4.69, 9.17) is 21.7 Å². The van der Waals surface area contributed by atoms with Gasteiger partial charge in [0.05, 0.1) is 25.8 Å². The zero-order valence-electron chi connectivity index (χ0n) is 15.2. The van der Waals surface area contributed by atoms with E-state index < -0.39 is 6.04 Å². The van der Waals surface area contributed by atoms with Crippen LogP contribution >= 0.6 is 12.2 Å². The van der Waals surface area contributed by atoms with E-state index in [1.807, 2.05) is 19.1 Å². The molecule has 0 bridgehead atoms. The molecule has 8 heteroatoms. The Morgan fingerprint density at radius 1 is 1.22 bits per heavy atom. The second-order valence-corrected chi connectivity index (χ2v) is 6.26. The Balaban J connectivity index is 2.01. The van der Waals surface area contributed by atoms with Crippen LogP contribution in [-0.4, -0.2) is 30.2 Å². The van der Waals surface area contributed by atoms with Crippen LogP contribution in [0.15, 0.2) is 53.9 Å². The summed E-state index contributed by atoms with van der Waals surface area (Å²) in [5.74, 6) is 1.44. The van der Waals surface area contributed by atoms with Crippen molar-refractivity contribution in [1.82, 2.24) is 15.6 Å². The summed E-state index contributed by atoms with van der Waals surface area (Å²) in [4.78, 5) is 17.1. The van der Waals surface area contributed by atoms with Gasteiger partial charge in [0.2, 0.25) is 0 Å². The molecule has 0 saturated carbocycles. The lowest BCUT2D eigenvalue weighted by Gasteiger charge is -2.31.